The summed E-state index contributed by atoms with van der Waals surface area (Å²) in [6.07, 6.45) is 0.983. The largest absolute Gasteiger partial charge is 0.444 e. The Labute approximate surface area is 105 Å². The van der Waals surface area contributed by atoms with Crippen LogP contribution in [0.3, 0.4) is 0 Å². The highest BCUT2D eigenvalue weighted by Gasteiger charge is 2.29. The lowest BCUT2D eigenvalue weighted by molar-refractivity contribution is 0.00586. The van der Waals surface area contributed by atoms with E-state index < -0.39 is 5.60 Å². The van der Waals surface area contributed by atoms with Gasteiger partial charge in [-0.2, -0.15) is 0 Å². The first-order valence-electron chi connectivity index (χ1n) is 6.55. The first-order chi connectivity index (χ1) is 7.83. The predicted molar refractivity (Wildman–Crippen MR) is 69.1 cm³/mol. The van der Waals surface area contributed by atoms with Crippen LogP contribution in [-0.2, 0) is 4.74 Å². The van der Waals surface area contributed by atoms with Crippen molar-refractivity contribution in [1.82, 2.24) is 9.80 Å². The molecule has 100 valence electrons. The summed E-state index contributed by atoms with van der Waals surface area (Å²) < 4.78 is 5.39. The fourth-order valence-electron chi connectivity index (χ4n) is 2.11. The van der Waals surface area contributed by atoms with E-state index in [9.17, 15) is 4.79 Å². The number of carbonyl (C=O) groups is 1. The Hall–Kier alpha value is -0.770. The zero-order valence-corrected chi connectivity index (χ0v) is 11.8. The molecule has 1 aliphatic rings. The van der Waals surface area contributed by atoms with Gasteiger partial charge in [-0.1, -0.05) is 6.92 Å². The van der Waals surface area contributed by atoms with Crippen LogP contribution < -0.4 is 0 Å². The SMILES string of the molecule is CCCN1CCN(C(=O)OC(C)(C)C)CC1C. The minimum atomic E-state index is -0.402. The van der Waals surface area contributed by atoms with Crippen LogP contribution in [0.5, 0.6) is 0 Å². The first kappa shape index (κ1) is 14.3. The molecular weight excluding hydrogens is 216 g/mol. The lowest BCUT2D eigenvalue weighted by atomic mass is 10.2. The maximum Gasteiger partial charge on any atom is 0.410 e. The Morgan fingerprint density at radius 3 is 2.47 bits per heavy atom. The van der Waals surface area contributed by atoms with Crippen LogP contribution >= 0.6 is 0 Å². The van der Waals surface area contributed by atoms with Gasteiger partial charge < -0.3 is 9.64 Å². The standard InChI is InChI=1S/C13H26N2O2/c1-6-7-14-8-9-15(10-11(14)2)12(16)17-13(3,4)5/h11H,6-10H2,1-5H3. The van der Waals surface area contributed by atoms with Gasteiger partial charge in [0.25, 0.3) is 0 Å². The molecule has 0 aromatic heterocycles. The monoisotopic (exact) mass is 242 g/mol. The Morgan fingerprint density at radius 2 is 2.00 bits per heavy atom. The molecule has 0 aromatic rings. The van der Waals surface area contributed by atoms with Crippen molar-refractivity contribution in [3.63, 3.8) is 0 Å². The predicted octanol–water partition coefficient (Wildman–Crippen LogP) is 2.34. The molecule has 1 fully saturated rings. The number of piperazine rings is 1. The van der Waals surface area contributed by atoms with Gasteiger partial charge in [-0.15, -0.1) is 0 Å². The number of amides is 1. The van der Waals surface area contributed by atoms with Gasteiger partial charge in [0, 0.05) is 25.7 Å². The highest BCUT2D eigenvalue weighted by atomic mass is 16.6. The Kier molecular flexibility index (Phi) is 4.80. The van der Waals surface area contributed by atoms with Crippen LogP contribution in [0.1, 0.15) is 41.0 Å². The zero-order valence-electron chi connectivity index (χ0n) is 11.8. The zero-order chi connectivity index (χ0) is 13.1. The van der Waals surface area contributed by atoms with Crippen LogP contribution in [0.4, 0.5) is 4.79 Å². The molecule has 1 saturated heterocycles. The van der Waals surface area contributed by atoms with E-state index in [0.717, 1.165) is 32.6 Å². The lowest BCUT2D eigenvalue weighted by Gasteiger charge is -2.40. The van der Waals surface area contributed by atoms with E-state index in [4.69, 9.17) is 4.74 Å². The number of hydrogen-bond acceptors (Lipinski definition) is 3. The molecule has 1 heterocycles. The van der Waals surface area contributed by atoms with Crippen LogP contribution in [0, 0.1) is 0 Å². The van der Waals surface area contributed by atoms with Crippen molar-refractivity contribution in [3.05, 3.63) is 0 Å². The quantitative estimate of drug-likeness (QED) is 0.745. The van der Waals surface area contributed by atoms with Crippen molar-refractivity contribution in [2.24, 2.45) is 0 Å². The molecule has 0 bridgehead atoms. The molecule has 1 aliphatic heterocycles. The van der Waals surface area contributed by atoms with Gasteiger partial charge in [0.05, 0.1) is 0 Å². The maximum atomic E-state index is 11.9. The maximum absolute atomic E-state index is 11.9. The minimum Gasteiger partial charge on any atom is -0.444 e. The lowest BCUT2D eigenvalue weighted by Crippen LogP contribution is -2.54. The fourth-order valence-corrected chi connectivity index (χ4v) is 2.11. The molecule has 4 nitrogen and oxygen atoms in total. The second-order valence-corrected chi connectivity index (χ2v) is 5.81. The fraction of sp³-hybridized carbons (Fsp3) is 0.923. The van der Waals surface area contributed by atoms with E-state index in [-0.39, 0.29) is 6.09 Å². The number of hydrogen-bond donors (Lipinski definition) is 0. The first-order valence-corrected chi connectivity index (χ1v) is 6.55. The minimum absolute atomic E-state index is 0.180. The number of carbonyl (C=O) groups excluding carboxylic acids is 1. The second kappa shape index (κ2) is 5.71. The van der Waals surface area contributed by atoms with E-state index in [0.29, 0.717) is 6.04 Å². The Bertz CT molecular complexity index is 261. The average molecular weight is 242 g/mol. The highest BCUT2D eigenvalue weighted by Crippen LogP contribution is 2.14. The van der Waals surface area contributed by atoms with Gasteiger partial charge >= 0.3 is 6.09 Å². The van der Waals surface area contributed by atoms with Crippen LogP contribution in [-0.4, -0.2) is 53.7 Å². The van der Waals surface area contributed by atoms with E-state index in [1.807, 2.05) is 25.7 Å². The molecule has 1 amide bonds. The Balaban J connectivity index is 2.46. The second-order valence-electron chi connectivity index (χ2n) is 5.81. The Morgan fingerprint density at radius 1 is 1.35 bits per heavy atom. The third kappa shape index (κ3) is 4.54. The summed E-state index contributed by atoms with van der Waals surface area (Å²) in [7, 11) is 0. The summed E-state index contributed by atoms with van der Waals surface area (Å²) in [5.41, 5.74) is -0.402. The summed E-state index contributed by atoms with van der Waals surface area (Å²) in [6.45, 7) is 13.7. The molecule has 0 radical (unpaired) electrons. The van der Waals surface area contributed by atoms with E-state index >= 15 is 0 Å². The third-order valence-electron chi connectivity index (χ3n) is 2.93. The van der Waals surface area contributed by atoms with Crippen LogP contribution in [0.25, 0.3) is 0 Å². The van der Waals surface area contributed by atoms with E-state index in [2.05, 4.69) is 18.7 Å². The van der Waals surface area contributed by atoms with Crippen molar-refractivity contribution < 1.29 is 9.53 Å². The number of ether oxygens (including phenoxy) is 1. The van der Waals surface area contributed by atoms with Crippen LogP contribution in [0.2, 0.25) is 0 Å². The molecule has 1 atom stereocenters. The molecule has 0 N–H and O–H groups in total. The highest BCUT2D eigenvalue weighted by molar-refractivity contribution is 5.68. The van der Waals surface area contributed by atoms with Gasteiger partial charge in [-0.05, 0) is 40.7 Å². The topological polar surface area (TPSA) is 32.8 Å². The molecule has 17 heavy (non-hydrogen) atoms. The van der Waals surface area contributed by atoms with Gasteiger partial charge in [0.15, 0.2) is 0 Å². The van der Waals surface area contributed by atoms with Gasteiger partial charge in [0.2, 0.25) is 0 Å². The van der Waals surface area contributed by atoms with E-state index in [1.165, 1.54) is 0 Å². The summed E-state index contributed by atoms with van der Waals surface area (Å²) in [5.74, 6) is 0. The molecular formula is C13H26N2O2. The average Bonchev–Trinajstić information content (AvgIpc) is 2.18. The number of nitrogens with zero attached hydrogens (tertiary/aromatic N) is 2. The molecule has 1 rings (SSSR count). The van der Waals surface area contributed by atoms with Crippen LogP contribution in [0.15, 0.2) is 0 Å². The van der Waals surface area contributed by atoms with Crippen molar-refractivity contribution in [3.8, 4) is 0 Å². The summed E-state index contributed by atoms with van der Waals surface area (Å²) >= 11 is 0. The summed E-state index contributed by atoms with van der Waals surface area (Å²) in [6, 6.07) is 0.427. The van der Waals surface area contributed by atoms with E-state index in [1.54, 1.807) is 0 Å². The van der Waals surface area contributed by atoms with Crippen molar-refractivity contribution in [1.29, 1.82) is 0 Å². The molecule has 1 unspecified atom stereocenters. The molecule has 0 aliphatic carbocycles. The van der Waals surface area contributed by atoms with Gasteiger partial charge in [0.1, 0.15) is 5.60 Å². The summed E-state index contributed by atoms with van der Waals surface area (Å²) in [4.78, 5) is 16.2. The van der Waals surface area contributed by atoms with Crippen molar-refractivity contribution in [2.45, 2.75) is 52.7 Å². The van der Waals surface area contributed by atoms with Crippen molar-refractivity contribution in [2.75, 3.05) is 26.2 Å². The summed E-state index contributed by atoms with van der Waals surface area (Å²) in [5, 5.41) is 0. The molecule has 4 heteroatoms. The molecule has 0 saturated carbocycles. The third-order valence-corrected chi connectivity index (χ3v) is 2.93. The van der Waals surface area contributed by atoms with Gasteiger partial charge in [-0.25, -0.2) is 4.79 Å². The smallest absolute Gasteiger partial charge is 0.410 e. The molecule has 0 spiro atoms. The van der Waals surface area contributed by atoms with Crippen molar-refractivity contribution >= 4 is 6.09 Å². The van der Waals surface area contributed by atoms with Gasteiger partial charge in [-0.3, -0.25) is 4.90 Å². The normalized spacial score (nSPS) is 22.6. The molecule has 0 aromatic carbocycles. The number of rotatable bonds is 2.